The molecular formula is C14H31NO8. The van der Waals surface area contributed by atoms with E-state index < -0.39 is 11.4 Å². The van der Waals surface area contributed by atoms with Crippen molar-refractivity contribution in [1.82, 2.24) is 5.32 Å². The first kappa shape index (κ1) is 22.6. The number of aliphatic hydroxyl groups excluding tert-OH is 2. The van der Waals surface area contributed by atoms with E-state index in [0.29, 0.717) is 13.2 Å². The van der Waals surface area contributed by atoms with Gasteiger partial charge < -0.3 is 39.4 Å². The Morgan fingerprint density at radius 1 is 0.652 bits per heavy atom. The molecule has 0 radical (unpaired) electrons. The molecule has 0 aliphatic rings. The van der Waals surface area contributed by atoms with Gasteiger partial charge in [0.15, 0.2) is 0 Å². The summed E-state index contributed by atoms with van der Waals surface area (Å²) < 4.78 is 20.5. The Morgan fingerprint density at radius 3 is 1.35 bits per heavy atom. The molecule has 9 nitrogen and oxygen atoms in total. The fourth-order valence-electron chi connectivity index (χ4n) is 1.76. The third-order valence-electron chi connectivity index (χ3n) is 2.52. The Kier molecular flexibility index (Phi) is 12.8. The zero-order valence-electron chi connectivity index (χ0n) is 14.0. The number of nitrogens with one attached hydrogen (secondary N) is 1. The van der Waals surface area contributed by atoms with Gasteiger partial charge in [0.1, 0.15) is 11.4 Å². The summed E-state index contributed by atoms with van der Waals surface area (Å²) in [5, 5.41) is 40.0. The minimum Gasteiger partial charge on any atom is -0.394 e. The molecule has 0 rings (SSSR count). The van der Waals surface area contributed by atoms with Crippen LogP contribution in [0.4, 0.5) is 0 Å². The van der Waals surface area contributed by atoms with Crippen molar-refractivity contribution in [2.45, 2.75) is 25.3 Å². The molecule has 2 unspecified atom stereocenters. The third-order valence-corrected chi connectivity index (χ3v) is 2.52. The highest BCUT2D eigenvalue weighted by atomic mass is 16.5. The molecule has 9 heteroatoms. The van der Waals surface area contributed by atoms with Crippen LogP contribution in [-0.4, -0.2) is 97.9 Å². The predicted octanol–water partition coefficient (Wildman–Crippen LogP) is -1.96. The maximum absolute atomic E-state index is 10.1. The fourth-order valence-corrected chi connectivity index (χ4v) is 1.76. The summed E-state index contributed by atoms with van der Waals surface area (Å²) >= 11 is 0. The van der Waals surface area contributed by atoms with Gasteiger partial charge in [-0.25, -0.2) is 0 Å². The Labute approximate surface area is 137 Å². The molecule has 0 aliphatic heterocycles. The van der Waals surface area contributed by atoms with Gasteiger partial charge >= 0.3 is 0 Å². The molecule has 5 N–H and O–H groups in total. The lowest BCUT2D eigenvalue weighted by Gasteiger charge is -2.34. The summed E-state index contributed by atoms with van der Waals surface area (Å²) in [5.41, 5.74) is -2.89. The van der Waals surface area contributed by atoms with Crippen LogP contribution in [0.5, 0.6) is 0 Å². The van der Waals surface area contributed by atoms with Gasteiger partial charge in [0.25, 0.3) is 0 Å². The number of hydrogen-bond acceptors (Lipinski definition) is 9. The standard InChI is InChI=1S/C14H31NO8/c1-13(18,11-22-9-7-20-5-3-16)15-14(2,19)12-23-10-8-21-6-4-17/h15-19H,3-12H2,1-2H3. The average molecular weight is 341 g/mol. The van der Waals surface area contributed by atoms with Crippen LogP contribution in [0.25, 0.3) is 0 Å². The van der Waals surface area contributed by atoms with Crippen LogP contribution >= 0.6 is 0 Å². The second kappa shape index (κ2) is 13.0. The maximum atomic E-state index is 10.1. The average Bonchev–Trinajstić information content (AvgIpc) is 2.45. The highest BCUT2D eigenvalue weighted by molar-refractivity contribution is 4.79. The van der Waals surface area contributed by atoms with Crippen LogP contribution in [0.15, 0.2) is 0 Å². The quantitative estimate of drug-likeness (QED) is 0.160. The Bertz CT molecular complexity index is 250. The molecule has 0 spiro atoms. The molecule has 0 aliphatic carbocycles. The molecule has 23 heavy (non-hydrogen) atoms. The zero-order valence-corrected chi connectivity index (χ0v) is 14.0. The number of hydrogen-bond donors (Lipinski definition) is 5. The van der Waals surface area contributed by atoms with Gasteiger partial charge in [-0.15, -0.1) is 0 Å². The molecule has 0 bridgehead atoms. The van der Waals surface area contributed by atoms with E-state index >= 15 is 0 Å². The summed E-state index contributed by atoms with van der Waals surface area (Å²) in [6.45, 7) is 4.38. The molecule has 0 saturated heterocycles. The summed E-state index contributed by atoms with van der Waals surface area (Å²) in [4.78, 5) is 0. The summed E-state index contributed by atoms with van der Waals surface area (Å²) in [6.07, 6.45) is 0. The fraction of sp³-hybridized carbons (Fsp3) is 1.00. The maximum Gasteiger partial charge on any atom is 0.138 e. The molecule has 2 atom stereocenters. The van der Waals surface area contributed by atoms with E-state index in [-0.39, 0.29) is 52.9 Å². The van der Waals surface area contributed by atoms with E-state index in [4.69, 9.17) is 29.2 Å². The van der Waals surface area contributed by atoms with Crippen molar-refractivity contribution >= 4 is 0 Å². The van der Waals surface area contributed by atoms with Crippen molar-refractivity contribution in [3.8, 4) is 0 Å². The van der Waals surface area contributed by atoms with Crippen molar-refractivity contribution in [2.24, 2.45) is 0 Å². The molecule has 0 fully saturated rings. The Balaban J connectivity index is 3.82. The molecular weight excluding hydrogens is 310 g/mol. The van der Waals surface area contributed by atoms with Crippen molar-refractivity contribution in [2.75, 3.05) is 66.1 Å². The minimum atomic E-state index is -1.45. The van der Waals surface area contributed by atoms with Gasteiger partial charge in [0.2, 0.25) is 0 Å². The van der Waals surface area contributed by atoms with Crippen molar-refractivity contribution in [1.29, 1.82) is 0 Å². The summed E-state index contributed by atoms with van der Waals surface area (Å²) in [7, 11) is 0. The van der Waals surface area contributed by atoms with Gasteiger partial charge in [-0.3, -0.25) is 5.32 Å². The highest BCUT2D eigenvalue weighted by Gasteiger charge is 2.31. The van der Waals surface area contributed by atoms with Gasteiger partial charge in [-0.1, -0.05) is 0 Å². The van der Waals surface area contributed by atoms with Crippen LogP contribution in [-0.2, 0) is 18.9 Å². The second-order valence-electron chi connectivity index (χ2n) is 5.45. The topological polar surface area (TPSA) is 130 Å². The van der Waals surface area contributed by atoms with Crippen LogP contribution in [0.1, 0.15) is 13.8 Å². The van der Waals surface area contributed by atoms with E-state index in [0.717, 1.165) is 0 Å². The molecule has 0 aromatic carbocycles. The molecule has 0 amide bonds. The molecule has 0 saturated carbocycles. The van der Waals surface area contributed by atoms with Gasteiger partial charge in [0.05, 0.1) is 66.1 Å². The first-order valence-corrected chi connectivity index (χ1v) is 7.60. The summed E-state index contributed by atoms with van der Waals surface area (Å²) in [5.74, 6) is 0. The second-order valence-corrected chi connectivity index (χ2v) is 5.45. The van der Waals surface area contributed by atoms with E-state index in [1.807, 2.05) is 0 Å². The van der Waals surface area contributed by atoms with Crippen molar-refractivity contribution in [3.05, 3.63) is 0 Å². The lowest BCUT2D eigenvalue weighted by atomic mass is 10.2. The zero-order chi connectivity index (χ0) is 17.6. The van der Waals surface area contributed by atoms with E-state index in [9.17, 15) is 10.2 Å². The van der Waals surface area contributed by atoms with Gasteiger partial charge in [-0.2, -0.15) is 0 Å². The number of aliphatic hydroxyl groups is 4. The lowest BCUT2D eigenvalue weighted by Crippen LogP contribution is -2.59. The van der Waals surface area contributed by atoms with E-state index in [1.54, 1.807) is 0 Å². The van der Waals surface area contributed by atoms with Crippen molar-refractivity contribution < 1.29 is 39.4 Å². The van der Waals surface area contributed by atoms with E-state index in [1.165, 1.54) is 13.8 Å². The molecule has 0 heterocycles. The SMILES string of the molecule is CC(O)(COCCOCCO)NC(C)(O)COCCOCCO. The smallest absolute Gasteiger partial charge is 0.138 e. The van der Waals surface area contributed by atoms with E-state index in [2.05, 4.69) is 5.32 Å². The first-order chi connectivity index (χ1) is 10.8. The highest BCUT2D eigenvalue weighted by Crippen LogP contribution is 2.08. The van der Waals surface area contributed by atoms with Crippen LogP contribution in [0, 0.1) is 0 Å². The van der Waals surface area contributed by atoms with Crippen molar-refractivity contribution in [3.63, 3.8) is 0 Å². The van der Waals surface area contributed by atoms with Crippen LogP contribution in [0.2, 0.25) is 0 Å². The Morgan fingerprint density at radius 2 is 1.00 bits per heavy atom. The number of ether oxygens (including phenoxy) is 4. The number of rotatable bonds is 16. The third kappa shape index (κ3) is 14.9. The summed E-state index contributed by atoms with van der Waals surface area (Å²) in [6, 6.07) is 0. The van der Waals surface area contributed by atoms with Gasteiger partial charge in [0, 0.05) is 0 Å². The monoisotopic (exact) mass is 341 g/mol. The Hall–Kier alpha value is -0.360. The van der Waals surface area contributed by atoms with Crippen LogP contribution < -0.4 is 5.32 Å². The minimum absolute atomic E-state index is 0.0484. The molecule has 0 aromatic rings. The normalized spacial score (nSPS) is 17.0. The van der Waals surface area contributed by atoms with Crippen LogP contribution in [0.3, 0.4) is 0 Å². The first-order valence-electron chi connectivity index (χ1n) is 7.60. The predicted molar refractivity (Wildman–Crippen MR) is 81.8 cm³/mol. The van der Waals surface area contributed by atoms with Gasteiger partial charge in [-0.05, 0) is 13.8 Å². The lowest BCUT2D eigenvalue weighted by molar-refractivity contribution is -0.145. The largest absolute Gasteiger partial charge is 0.394 e. The molecule has 0 aromatic heterocycles. The molecule has 140 valence electrons.